The van der Waals surface area contributed by atoms with Crippen molar-refractivity contribution in [3.8, 4) is 11.8 Å². The number of benzene rings is 2. The van der Waals surface area contributed by atoms with Crippen molar-refractivity contribution >= 4 is 5.69 Å². The molecule has 1 atom stereocenters. The quantitative estimate of drug-likeness (QED) is 0.916. The lowest BCUT2D eigenvalue weighted by Gasteiger charge is -2.15. The van der Waals surface area contributed by atoms with Crippen LogP contribution < -0.4 is 10.1 Å². The second-order valence-corrected chi connectivity index (χ2v) is 4.91. The summed E-state index contributed by atoms with van der Waals surface area (Å²) in [4.78, 5) is 0. The van der Waals surface area contributed by atoms with E-state index in [9.17, 15) is 0 Å². The molecule has 1 N–H and O–H groups in total. The minimum atomic E-state index is 0.0861. The number of hydrogen-bond acceptors (Lipinski definition) is 3. The second kappa shape index (κ2) is 5.66. The van der Waals surface area contributed by atoms with Gasteiger partial charge in [-0.3, -0.25) is 0 Å². The van der Waals surface area contributed by atoms with E-state index in [0.29, 0.717) is 6.04 Å². The van der Waals surface area contributed by atoms with Crippen LogP contribution >= 0.6 is 0 Å². The van der Waals surface area contributed by atoms with E-state index >= 15 is 0 Å². The number of anilines is 1. The molecule has 3 rings (SSSR count). The van der Waals surface area contributed by atoms with E-state index in [0.717, 1.165) is 24.3 Å². The van der Waals surface area contributed by atoms with Crippen molar-refractivity contribution in [2.75, 3.05) is 11.9 Å². The number of nitriles is 1. The molecule has 0 heterocycles. The molecule has 0 radical (unpaired) electrons. The summed E-state index contributed by atoms with van der Waals surface area (Å²) in [5, 5.41) is 12.0. The molecule has 0 bridgehead atoms. The fourth-order valence-corrected chi connectivity index (χ4v) is 2.67. The zero-order valence-corrected chi connectivity index (χ0v) is 11.2. The molecular formula is C17H16N2O. The Labute approximate surface area is 118 Å². The highest BCUT2D eigenvalue weighted by molar-refractivity contribution is 5.50. The zero-order chi connectivity index (χ0) is 13.8. The number of fused-ring (bicyclic) bond motifs is 1. The van der Waals surface area contributed by atoms with Crippen molar-refractivity contribution in [2.24, 2.45) is 0 Å². The lowest BCUT2D eigenvalue weighted by Crippen LogP contribution is -2.06. The molecule has 2 aromatic rings. The molecule has 3 nitrogen and oxygen atoms in total. The predicted molar refractivity (Wildman–Crippen MR) is 78.7 cm³/mol. The summed E-state index contributed by atoms with van der Waals surface area (Å²) >= 11 is 0. The first-order valence-corrected chi connectivity index (χ1v) is 6.81. The number of nitrogens with one attached hydrogen (secondary N) is 1. The summed E-state index contributed by atoms with van der Waals surface area (Å²) in [7, 11) is 0. The Balaban J connectivity index is 1.69. The van der Waals surface area contributed by atoms with Gasteiger partial charge in [0.15, 0.2) is 6.61 Å². The van der Waals surface area contributed by atoms with Crippen LogP contribution in [0.1, 0.15) is 23.6 Å². The SMILES string of the molecule is N#CCOc1ccc(NC2CCc3ccccc32)cc1. The average Bonchev–Trinajstić information content (AvgIpc) is 2.90. The monoisotopic (exact) mass is 264 g/mol. The first-order chi connectivity index (χ1) is 9.86. The van der Waals surface area contributed by atoms with Gasteiger partial charge in [0, 0.05) is 5.69 Å². The van der Waals surface area contributed by atoms with Crippen LogP contribution in [0.3, 0.4) is 0 Å². The third kappa shape index (κ3) is 2.60. The van der Waals surface area contributed by atoms with Gasteiger partial charge in [-0.2, -0.15) is 5.26 Å². The van der Waals surface area contributed by atoms with Crippen LogP contribution in [0, 0.1) is 11.3 Å². The number of nitrogens with zero attached hydrogens (tertiary/aromatic N) is 1. The molecule has 0 amide bonds. The van der Waals surface area contributed by atoms with Crippen molar-refractivity contribution in [3.05, 3.63) is 59.7 Å². The van der Waals surface area contributed by atoms with E-state index in [1.807, 2.05) is 30.3 Å². The highest BCUT2D eigenvalue weighted by Gasteiger charge is 2.21. The Kier molecular flexibility index (Phi) is 3.56. The van der Waals surface area contributed by atoms with Gasteiger partial charge in [-0.05, 0) is 48.2 Å². The smallest absolute Gasteiger partial charge is 0.174 e. The Bertz CT molecular complexity index is 628. The molecule has 0 spiro atoms. The molecule has 2 aromatic carbocycles. The third-order valence-corrected chi connectivity index (χ3v) is 3.63. The van der Waals surface area contributed by atoms with Gasteiger partial charge in [0.2, 0.25) is 0 Å². The van der Waals surface area contributed by atoms with Crippen molar-refractivity contribution in [1.82, 2.24) is 0 Å². The molecule has 1 aliphatic rings. The van der Waals surface area contributed by atoms with Gasteiger partial charge in [-0.15, -0.1) is 0 Å². The summed E-state index contributed by atoms with van der Waals surface area (Å²) in [5.41, 5.74) is 3.92. The summed E-state index contributed by atoms with van der Waals surface area (Å²) in [5.74, 6) is 0.726. The van der Waals surface area contributed by atoms with Gasteiger partial charge in [-0.25, -0.2) is 0 Å². The number of ether oxygens (including phenoxy) is 1. The van der Waals surface area contributed by atoms with Crippen molar-refractivity contribution in [1.29, 1.82) is 5.26 Å². The predicted octanol–water partition coefficient (Wildman–Crippen LogP) is 3.69. The number of rotatable bonds is 4. The van der Waals surface area contributed by atoms with Crippen LogP contribution in [-0.2, 0) is 6.42 Å². The normalized spacial score (nSPS) is 16.2. The fourth-order valence-electron chi connectivity index (χ4n) is 2.67. The van der Waals surface area contributed by atoms with Crippen LogP contribution in [0.15, 0.2) is 48.5 Å². The van der Waals surface area contributed by atoms with Gasteiger partial charge in [-0.1, -0.05) is 24.3 Å². The van der Waals surface area contributed by atoms with Gasteiger partial charge in [0.05, 0.1) is 6.04 Å². The van der Waals surface area contributed by atoms with Gasteiger partial charge >= 0.3 is 0 Å². The second-order valence-electron chi connectivity index (χ2n) is 4.91. The lowest BCUT2D eigenvalue weighted by molar-refractivity contribution is 0.368. The summed E-state index contributed by atoms with van der Waals surface area (Å²) in [6, 6.07) is 18.7. The topological polar surface area (TPSA) is 45.0 Å². The standard InChI is InChI=1S/C17H16N2O/c18-11-12-20-15-8-6-14(7-9-15)19-17-10-5-13-3-1-2-4-16(13)17/h1-4,6-9,17,19H,5,10,12H2. The molecule has 0 aliphatic heterocycles. The van der Waals surface area contributed by atoms with E-state index in [4.69, 9.17) is 10.00 Å². The minimum Gasteiger partial charge on any atom is -0.479 e. The molecule has 0 fully saturated rings. The largest absolute Gasteiger partial charge is 0.479 e. The first-order valence-electron chi connectivity index (χ1n) is 6.81. The third-order valence-electron chi connectivity index (χ3n) is 3.63. The molecule has 20 heavy (non-hydrogen) atoms. The molecule has 0 aromatic heterocycles. The van der Waals surface area contributed by atoms with Crippen molar-refractivity contribution in [3.63, 3.8) is 0 Å². The minimum absolute atomic E-state index is 0.0861. The van der Waals surface area contributed by atoms with Crippen LogP contribution in [0.4, 0.5) is 5.69 Å². The molecule has 3 heteroatoms. The summed E-state index contributed by atoms with van der Waals surface area (Å²) in [6.45, 7) is 0.0861. The lowest BCUT2D eigenvalue weighted by atomic mass is 10.1. The first kappa shape index (κ1) is 12.6. The fraction of sp³-hybridized carbons (Fsp3) is 0.235. The number of hydrogen-bond donors (Lipinski definition) is 1. The molecule has 100 valence electrons. The van der Waals surface area contributed by atoms with Crippen LogP contribution in [-0.4, -0.2) is 6.61 Å². The molecular weight excluding hydrogens is 248 g/mol. The Morgan fingerprint density at radius 2 is 1.95 bits per heavy atom. The maximum absolute atomic E-state index is 8.48. The van der Waals surface area contributed by atoms with Crippen LogP contribution in [0.25, 0.3) is 0 Å². The van der Waals surface area contributed by atoms with Crippen molar-refractivity contribution < 1.29 is 4.74 Å². The van der Waals surface area contributed by atoms with E-state index in [2.05, 4.69) is 29.6 Å². The highest BCUT2D eigenvalue weighted by atomic mass is 16.5. The van der Waals surface area contributed by atoms with E-state index in [1.165, 1.54) is 11.1 Å². The van der Waals surface area contributed by atoms with Crippen LogP contribution in [0.5, 0.6) is 5.75 Å². The van der Waals surface area contributed by atoms with Crippen LogP contribution in [0.2, 0.25) is 0 Å². The summed E-state index contributed by atoms with van der Waals surface area (Å²) in [6.07, 6.45) is 2.27. The molecule has 1 aliphatic carbocycles. The van der Waals surface area contributed by atoms with Gasteiger partial charge < -0.3 is 10.1 Å². The highest BCUT2D eigenvalue weighted by Crippen LogP contribution is 2.33. The molecule has 1 unspecified atom stereocenters. The van der Waals surface area contributed by atoms with E-state index < -0.39 is 0 Å². The maximum Gasteiger partial charge on any atom is 0.174 e. The van der Waals surface area contributed by atoms with Gasteiger partial charge in [0.25, 0.3) is 0 Å². The maximum atomic E-state index is 8.48. The summed E-state index contributed by atoms with van der Waals surface area (Å²) < 4.78 is 5.25. The van der Waals surface area contributed by atoms with Gasteiger partial charge in [0.1, 0.15) is 11.8 Å². The zero-order valence-electron chi connectivity index (χ0n) is 11.2. The molecule has 0 saturated carbocycles. The Morgan fingerprint density at radius 1 is 1.15 bits per heavy atom. The molecule has 0 saturated heterocycles. The van der Waals surface area contributed by atoms with E-state index in [1.54, 1.807) is 0 Å². The Morgan fingerprint density at radius 3 is 2.75 bits per heavy atom. The average molecular weight is 264 g/mol. The Hall–Kier alpha value is -2.47. The number of aryl methyl sites for hydroxylation is 1. The van der Waals surface area contributed by atoms with E-state index in [-0.39, 0.29) is 6.61 Å². The van der Waals surface area contributed by atoms with Crippen molar-refractivity contribution in [2.45, 2.75) is 18.9 Å².